The fraction of sp³-hybridized carbons (Fsp3) is 0.533. The third-order valence-electron chi connectivity index (χ3n) is 2.85. The first-order valence-corrected chi connectivity index (χ1v) is 6.56. The molecule has 0 bridgehead atoms. The Labute approximate surface area is 105 Å². The fourth-order valence-corrected chi connectivity index (χ4v) is 1.79. The second kappa shape index (κ2) is 7.10. The average Bonchev–Trinajstić information content (AvgIpc) is 2.32. The van der Waals surface area contributed by atoms with Crippen LogP contribution in [0, 0.1) is 6.92 Å². The molecule has 0 aliphatic rings. The maximum absolute atomic E-state index is 12.1. The maximum Gasteiger partial charge on any atom is 0.226 e. The van der Waals surface area contributed by atoms with E-state index in [-0.39, 0.29) is 5.91 Å². The number of nitrogens with zero attached hydrogens (tertiary/aromatic N) is 1. The number of hydrogen-bond donors (Lipinski definition) is 0. The number of anilines is 1. The van der Waals surface area contributed by atoms with Crippen LogP contribution in [-0.2, 0) is 4.79 Å². The van der Waals surface area contributed by atoms with Crippen molar-refractivity contribution in [1.82, 2.24) is 0 Å². The zero-order chi connectivity index (χ0) is 12.7. The van der Waals surface area contributed by atoms with Gasteiger partial charge in [0.25, 0.3) is 0 Å². The number of amides is 1. The molecule has 0 fully saturated rings. The Morgan fingerprint density at radius 2 is 1.76 bits per heavy atom. The van der Waals surface area contributed by atoms with E-state index in [1.54, 1.807) is 0 Å². The highest BCUT2D eigenvalue weighted by molar-refractivity contribution is 5.93. The summed E-state index contributed by atoms with van der Waals surface area (Å²) in [6, 6.07) is 8.21. The van der Waals surface area contributed by atoms with Gasteiger partial charge in [-0.05, 0) is 31.9 Å². The number of unbranched alkanes of at least 4 members (excludes halogenated alkanes) is 1. The quantitative estimate of drug-likeness (QED) is 0.729. The molecule has 1 amide bonds. The predicted octanol–water partition coefficient (Wildman–Crippen LogP) is 3.93. The summed E-state index contributed by atoms with van der Waals surface area (Å²) in [5, 5.41) is 0. The van der Waals surface area contributed by atoms with Crippen molar-refractivity contribution in [3.05, 3.63) is 29.8 Å². The lowest BCUT2D eigenvalue weighted by Crippen LogP contribution is -2.31. The molecule has 17 heavy (non-hydrogen) atoms. The Kier molecular flexibility index (Phi) is 5.75. The number of benzene rings is 1. The molecule has 0 unspecified atom stereocenters. The van der Waals surface area contributed by atoms with Crippen LogP contribution in [0.4, 0.5) is 5.69 Å². The highest BCUT2D eigenvalue weighted by Crippen LogP contribution is 2.17. The van der Waals surface area contributed by atoms with Crippen molar-refractivity contribution < 1.29 is 4.79 Å². The lowest BCUT2D eigenvalue weighted by atomic mass is 10.2. The van der Waals surface area contributed by atoms with Gasteiger partial charge in [-0.1, -0.05) is 38.0 Å². The Morgan fingerprint density at radius 1 is 1.12 bits per heavy atom. The number of rotatable bonds is 6. The van der Waals surface area contributed by atoms with E-state index >= 15 is 0 Å². The molecule has 94 valence electrons. The molecule has 0 aliphatic heterocycles. The largest absolute Gasteiger partial charge is 0.312 e. The van der Waals surface area contributed by atoms with Crippen molar-refractivity contribution in [3.8, 4) is 0 Å². The molecule has 0 radical (unpaired) electrons. The van der Waals surface area contributed by atoms with Gasteiger partial charge in [-0.15, -0.1) is 0 Å². The molecule has 0 heterocycles. The van der Waals surface area contributed by atoms with E-state index in [0.717, 1.165) is 31.5 Å². The smallest absolute Gasteiger partial charge is 0.226 e. The first-order valence-electron chi connectivity index (χ1n) is 6.56. The molecule has 2 nitrogen and oxygen atoms in total. The van der Waals surface area contributed by atoms with Crippen LogP contribution in [0.3, 0.4) is 0 Å². The van der Waals surface area contributed by atoms with Gasteiger partial charge in [0.15, 0.2) is 0 Å². The molecular weight excluding hydrogens is 210 g/mol. The van der Waals surface area contributed by atoms with Crippen LogP contribution in [0.2, 0.25) is 0 Å². The summed E-state index contributed by atoms with van der Waals surface area (Å²) in [6.07, 6.45) is 3.72. The average molecular weight is 233 g/mol. The fourth-order valence-electron chi connectivity index (χ4n) is 1.79. The molecule has 0 spiro atoms. The number of carbonyl (C=O) groups is 1. The normalized spacial score (nSPS) is 10.3. The molecule has 0 saturated heterocycles. The van der Waals surface area contributed by atoms with Crippen LogP contribution in [0.5, 0.6) is 0 Å². The van der Waals surface area contributed by atoms with E-state index in [2.05, 4.69) is 26.0 Å². The Hall–Kier alpha value is -1.31. The molecule has 1 rings (SSSR count). The monoisotopic (exact) mass is 233 g/mol. The zero-order valence-electron chi connectivity index (χ0n) is 11.2. The van der Waals surface area contributed by atoms with Gasteiger partial charge in [-0.2, -0.15) is 0 Å². The Balaban J connectivity index is 2.81. The van der Waals surface area contributed by atoms with E-state index in [9.17, 15) is 4.79 Å². The van der Waals surface area contributed by atoms with E-state index in [4.69, 9.17) is 0 Å². The topological polar surface area (TPSA) is 20.3 Å². The van der Waals surface area contributed by atoms with E-state index in [1.807, 2.05) is 24.0 Å². The van der Waals surface area contributed by atoms with E-state index < -0.39 is 0 Å². The maximum atomic E-state index is 12.1. The summed E-state index contributed by atoms with van der Waals surface area (Å²) in [6.45, 7) is 7.09. The SMILES string of the molecule is CCCCN(C(=O)CCC)c1ccc(C)cc1. The van der Waals surface area contributed by atoms with Crippen molar-refractivity contribution in [3.63, 3.8) is 0 Å². The van der Waals surface area contributed by atoms with E-state index in [0.29, 0.717) is 6.42 Å². The van der Waals surface area contributed by atoms with Gasteiger partial charge in [-0.3, -0.25) is 4.79 Å². The second-order valence-electron chi connectivity index (χ2n) is 4.48. The number of aryl methyl sites for hydroxylation is 1. The van der Waals surface area contributed by atoms with Crippen LogP contribution in [-0.4, -0.2) is 12.5 Å². The lowest BCUT2D eigenvalue weighted by molar-refractivity contribution is -0.118. The minimum Gasteiger partial charge on any atom is -0.312 e. The first-order chi connectivity index (χ1) is 8.19. The van der Waals surface area contributed by atoms with Crippen molar-refractivity contribution >= 4 is 11.6 Å². The molecule has 0 N–H and O–H groups in total. The van der Waals surface area contributed by atoms with Gasteiger partial charge in [0.2, 0.25) is 5.91 Å². The predicted molar refractivity (Wildman–Crippen MR) is 73.3 cm³/mol. The molecule has 0 atom stereocenters. The molecular formula is C15H23NO. The van der Waals surface area contributed by atoms with Crippen LogP contribution in [0.25, 0.3) is 0 Å². The molecule has 0 aliphatic carbocycles. The van der Waals surface area contributed by atoms with E-state index in [1.165, 1.54) is 5.56 Å². The summed E-state index contributed by atoms with van der Waals surface area (Å²) in [5.41, 5.74) is 2.26. The summed E-state index contributed by atoms with van der Waals surface area (Å²) in [4.78, 5) is 14.0. The third-order valence-corrected chi connectivity index (χ3v) is 2.85. The first kappa shape index (κ1) is 13.8. The standard InChI is InChI=1S/C15H23NO/c1-4-6-12-16(15(17)7-5-2)14-10-8-13(3)9-11-14/h8-11H,4-7,12H2,1-3H3. The van der Waals surface area contributed by atoms with Gasteiger partial charge in [0.05, 0.1) is 0 Å². The second-order valence-corrected chi connectivity index (χ2v) is 4.48. The van der Waals surface area contributed by atoms with Crippen molar-refractivity contribution in [2.45, 2.75) is 46.5 Å². The van der Waals surface area contributed by atoms with Gasteiger partial charge in [0.1, 0.15) is 0 Å². The van der Waals surface area contributed by atoms with Gasteiger partial charge >= 0.3 is 0 Å². The molecule has 0 saturated carbocycles. The summed E-state index contributed by atoms with van der Waals surface area (Å²) >= 11 is 0. The number of hydrogen-bond acceptors (Lipinski definition) is 1. The minimum absolute atomic E-state index is 0.241. The summed E-state index contributed by atoms with van der Waals surface area (Å²) < 4.78 is 0. The van der Waals surface area contributed by atoms with Gasteiger partial charge in [-0.25, -0.2) is 0 Å². The van der Waals surface area contributed by atoms with Gasteiger partial charge < -0.3 is 4.90 Å². The van der Waals surface area contributed by atoms with Crippen LogP contribution in [0.15, 0.2) is 24.3 Å². The Morgan fingerprint density at radius 3 is 2.29 bits per heavy atom. The van der Waals surface area contributed by atoms with Crippen molar-refractivity contribution in [2.24, 2.45) is 0 Å². The highest BCUT2D eigenvalue weighted by atomic mass is 16.2. The van der Waals surface area contributed by atoms with Crippen LogP contribution in [0.1, 0.15) is 45.1 Å². The molecule has 0 aromatic heterocycles. The summed E-state index contributed by atoms with van der Waals surface area (Å²) in [5.74, 6) is 0.241. The molecule has 1 aromatic rings. The van der Waals surface area contributed by atoms with Gasteiger partial charge in [0, 0.05) is 18.7 Å². The number of carbonyl (C=O) groups excluding carboxylic acids is 1. The van der Waals surface area contributed by atoms with Crippen LogP contribution < -0.4 is 4.90 Å². The minimum atomic E-state index is 0.241. The third kappa shape index (κ3) is 4.22. The van der Waals surface area contributed by atoms with Crippen molar-refractivity contribution in [2.75, 3.05) is 11.4 Å². The summed E-state index contributed by atoms with van der Waals surface area (Å²) in [7, 11) is 0. The lowest BCUT2D eigenvalue weighted by Gasteiger charge is -2.22. The zero-order valence-corrected chi connectivity index (χ0v) is 11.2. The Bertz CT molecular complexity index is 342. The van der Waals surface area contributed by atoms with Crippen molar-refractivity contribution in [1.29, 1.82) is 0 Å². The van der Waals surface area contributed by atoms with Crippen LogP contribution >= 0.6 is 0 Å². The molecule has 2 heteroatoms. The molecule has 1 aromatic carbocycles. The highest BCUT2D eigenvalue weighted by Gasteiger charge is 2.13.